The van der Waals surface area contributed by atoms with Gasteiger partial charge in [-0.25, -0.2) is 4.79 Å². The maximum atomic E-state index is 12.6. The molecule has 138 valence electrons. The van der Waals surface area contributed by atoms with Gasteiger partial charge in [-0.05, 0) is 37.8 Å². The summed E-state index contributed by atoms with van der Waals surface area (Å²) < 4.78 is 20.9. The molecule has 26 heavy (non-hydrogen) atoms. The normalized spacial score (nSPS) is 18.4. The summed E-state index contributed by atoms with van der Waals surface area (Å²) in [6.45, 7) is 3.80. The van der Waals surface area contributed by atoms with Crippen molar-refractivity contribution in [3.8, 4) is 17.2 Å². The minimum Gasteiger partial charge on any atom is -0.493 e. The Hall–Kier alpha value is -2.68. The van der Waals surface area contributed by atoms with E-state index in [0.717, 1.165) is 16.7 Å². The molecule has 0 saturated carbocycles. The third-order valence-corrected chi connectivity index (χ3v) is 4.73. The third-order valence-electron chi connectivity index (χ3n) is 3.84. The van der Waals surface area contributed by atoms with Crippen LogP contribution in [-0.2, 0) is 14.3 Å². The second-order valence-electron chi connectivity index (χ2n) is 5.43. The van der Waals surface area contributed by atoms with Crippen LogP contribution in [0.5, 0.6) is 17.2 Å². The van der Waals surface area contributed by atoms with Crippen LogP contribution >= 0.6 is 11.8 Å². The van der Waals surface area contributed by atoms with Crippen molar-refractivity contribution in [1.29, 1.82) is 0 Å². The highest BCUT2D eigenvalue weighted by Gasteiger charge is 2.41. The van der Waals surface area contributed by atoms with Crippen molar-refractivity contribution in [2.45, 2.75) is 19.9 Å². The second kappa shape index (κ2) is 7.28. The van der Waals surface area contributed by atoms with E-state index < -0.39 is 23.2 Å². The Morgan fingerprint density at radius 1 is 1.35 bits per heavy atom. The Labute approximate surface area is 154 Å². The van der Waals surface area contributed by atoms with Crippen LogP contribution in [0.2, 0.25) is 0 Å². The van der Waals surface area contributed by atoms with Crippen molar-refractivity contribution in [3.05, 3.63) is 22.6 Å². The molecule has 2 amide bonds. The minimum absolute atomic E-state index is 0.109. The van der Waals surface area contributed by atoms with Crippen LogP contribution in [0.15, 0.2) is 17.0 Å². The average Bonchev–Trinajstić information content (AvgIpc) is 3.18. The lowest BCUT2D eigenvalue weighted by molar-refractivity contribution is -0.148. The van der Waals surface area contributed by atoms with Gasteiger partial charge < -0.3 is 18.9 Å². The number of thioether (sulfide) groups is 1. The smallest absolute Gasteiger partial charge is 0.328 e. The maximum absolute atomic E-state index is 12.6. The maximum Gasteiger partial charge on any atom is 0.328 e. The molecular formula is C17H17NO7S. The first-order valence-electron chi connectivity index (χ1n) is 7.87. The van der Waals surface area contributed by atoms with Crippen molar-refractivity contribution in [2.75, 3.05) is 20.5 Å². The number of rotatable bonds is 5. The zero-order valence-corrected chi connectivity index (χ0v) is 15.3. The van der Waals surface area contributed by atoms with Gasteiger partial charge in [0.25, 0.3) is 11.1 Å². The lowest BCUT2D eigenvalue weighted by atomic mass is 10.1. The molecule has 1 atom stereocenters. The molecule has 2 aliphatic rings. The summed E-state index contributed by atoms with van der Waals surface area (Å²) in [6, 6.07) is 2.37. The molecular weight excluding hydrogens is 362 g/mol. The Balaban J connectivity index is 1.94. The van der Waals surface area contributed by atoms with Crippen LogP contribution in [0.3, 0.4) is 0 Å². The molecule has 0 aliphatic carbocycles. The van der Waals surface area contributed by atoms with Crippen molar-refractivity contribution in [2.24, 2.45) is 0 Å². The predicted octanol–water partition coefficient (Wildman–Crippen LogP) is 2.41. The standard InChI is InChI=1S/C17H17NO7S/c1-4-23-11-7-13-12(24-8-25-13)5-10(11)6-14-15(19)18(17(21)26-14)9(2)16(20)22-3/h5-7,9H,4,8H2,1-3H3/b14-6+/t9-/m1/s1. The summed E-state index contributed by atoms with van der Waals surface area (Å²) in [4.78, 5) is 37.5. The van der Waals surface area contributed by atoms with Gasteiger partial charge in [0.1, 0.15) is 11.8 Å². The molecule has 0 N–H and O–H groups in total. The molecule has 1 fully saturated rings. The van der Waals surface area contributed by atoms with E-state index in [9.17, 15) is 14.4 Å². The van der Waals surface area contributed by atoms with Crippen LogP contribution in [0.25, 0.3) is 6.08 Å². The number of hydrogen-bond donors (Lipinski definition) is 0. The number of benzene rings is 1. The Morgan fingerprint density at radius 2 is 2.04 bits per heavy atom. The highest BCUT2D eigenvalue weighted by atomic mass is 32.2. The summed E-state index contributed by atoms with van der Waals surface area (Å²) in [5.41, 5.74) is 0.576. The first-order valence-corrected chi connectivity index (χ1v) is 8.69. The van der Waals surface area contributed by atoms with Crippen LogP contribution in [-0.4, -0.2) is 48.6 Å². The van der Waals surface area contributed by atoms with E-state index in [0.29, 0.717) is 29.4 Å². The van der Waals surface area contributed by atoms with Gasteiger partial charge in [0.05, 0.1) is 18.6 Å². The summed E-state index contributed by atoms with van der Waals surface area (Å²) >= 11 is 0.756. The van der Waals surface area contributed by atoms with Gasteiger partial charge >= 0.3 is 5.97 Å². The Bertz CT molecular complexity index is 805. The zero-order valence-electron chi connectivity index (χ0n) is 14.4. The number of amides is 2. The van der Waals surface area contributed by atoms with E-state index in [1.54, 1.807) is 18.2 Å². The molecule has 0 radical (unpaired) electrons. The first kappa shape index (κ1) is 18.1. The van der Waals surface area contributed by atoms with Crippen LogP contribution < -0.4 is 14.2 Å². The van der Waals surface area contributed by atoms with Gasteiger partial charge in [-0.15, -0.1) is 0 Å². The number of esters is 1. The fourth-order valence-corrected chi connectivity index (χ4v) is 3.46. The predicted molar refractivity (Wildman–Crippen MR) is 93.0 cm³/mol. The van der Waals surface area contributed by atoms with Gasteiger partial charge in [0.15, 0.2) is 11.5 Å². The molecule has 0 unspecified atom stereocenters. The second-order valence-corrected chi connectivity index (χ2v) is 6.42. The molecule has 0 aromatic heterocycles. The van der Waals surface area contributed by atoms with Gasteiger partial charge in [-0.2, -0.15) is 0 Å². The Morgan fingerprint density at radius 3 is 2.69 bits per heavy atom. The van der Waals surface area contributed by atoms with Crippen molar-refractivity contribution < 1.29 is 33.3 Å². The van der Waals surface area contributed by atoms with Gasteiger partial charge in [-0.3, -0.25) is 14.5 Å². The van der Waals surface area contributed by atoms with Gasteiger partial charge in [0.2, 0.25) is 6.79 Å². The molecule has 9 heteroatoms. The van der Waals surface area contributed by atoms with Crippen molar-refractivity contribution in [1.82, 2.24) is 4.90 Å². The van der Waals surface area contributed by atoms with E-state index in [1.807, 2.05) is 6.92 Å². The van der Waals surface area contributed by atoms with E-state index in [2.05, 4.69) is 4.74 Å². The SMILES string of the molecule is CCOc1cc2c(cc1/C=C1/SC(=O)N([C@H](C)C(=O)OC)C1=O)OCO2. The lowest BCUT2D eigenvalue weighted by Crippen LogP contribution is -2.42. The molecule has 0 spiro atoms. The number of carbonyl (C=O) groups is 3. The molecule has 2 heterocycles. The number of carbonyl (C=O) groups excluding carboxylic acids is 3. The van der Waals surface area contributed by atoms with Crippen LogP contribution in [0.1, 0.15) is 19.4 Å². The monoisotopic (exact) mass is 379 g/mol. The zero-order chi connectivity index (χ0) is 18.8. The summed E-state index contributed by atoms with van der Waals surface area (Å²) in [5, 5.41) is -0.530. The summed E-state index contributed by atoms with van der Waals surface area (Å²) in [7, 11) is 1.20. The average molecular weight is 379 g/mol. The largest absolute Gasteiger partial charge is 0.493 e. The number of methoxy groups -OCH3 is 1. The number of fused-ring (bicyclic) bond motifs is 1. The first-order chi connectivity index (χ1) is 12.5. The van der Waals surface area contributed by atoms with Gasteiger partial charge in [0, 0.05) is 11.6 Å². The molecule has 1 saturated heterocycles. The number of imide groups is 1. The fourth-order valence-electron chi connectivity index (χ4n) is 2.56. The van der Waals surface area contributed by atoms with Crippen LogP contribution in [0, 0.1) is 0 Å². The quantitative estimate of drug-likeness (QED) is 0.569. The highest BCUT2D eigenvalue weighted by Crippen LogP contribution is 2.41. The third kappa shape index (κ3) is 3.22. The summed E-state index contributed by atoms with van der Waals surface area (Å²) in [5.74, 6) is 0.370. The lowest BCUT2D eigenvalue weighted by Gasteiger charge is -2.18. The number of ether oxygens (including phenoxy) is 4. The van der Waals surface area contributed by atoms with E-state index in [4.69, 9.17) is 14.2 Å². The van der Waals surface area contributed by atoms with Crippen molar-refractivity contribution >= 4 is 35.0 Å². The van der Waals surface area contributed by atoms with Crippen LogP contribution in [0.4, 0.5) is 4.79 Å². The van der Waals surface area contributed by atoms with E-state index in [1.165, 1.54) is 14.0 Å². The molecule has 2 aliphatic heterocycles. The highest BCUT2D eigenvalue weighted by molar-refractivity contribution is 8.18. The molecule has 0 bridgehead atoms. The number of hydrogen-bond acceptors (Lipinski definition) is 8. The molecule has 1 aromatic carbocycles. The van der Waals surface area contributed by atoms with Gasteiger partial charge in [-0.1, -0.05) is 0 Å². The summed E-state index contributed by atoms with van der Waals surface area (Å²) in [6.07, 6.45) is 1.54. The van der Waals surface area contributed by atoms with E-state index in [-0.39, 0.29) is 11.7 Å². The minimum atomic E-state index is -0.999. The Kier molecular flexibility index (Phi) is 5.08. The topological polar surface area (TPSA) is 91.4 Å². The molecule has 1 aromatic rings. The fraction of sp³-hybridized carbons (Fsp3) is 0.353. The molecule has 8 nitrogen and oxygen atoms in total. The number of nitrogens with zero attached hydrogens (tertiary/aromatic N) is 1. The molecule has 3 rings (SSSR count). The van der Waals surface area contributed by atoms with E-state index >= 15 is 0 Å². The van der Waals surface area contributed by atoms with Crippen molar-refractivity contribution in [3.63, 3.8) is 0 Å².